The molecule has 1 N–H and O–H groups in total. The molecule has 0 bridgehead atoms. The normalized spacial score (nSPS) is 36.9. The maximum atomic E-state index is 12.9. The molecule has 0 aliphatic heterocycles. The molecule has 5 nitrogen and oxygen atoms in total. The fourth-order valence-corrected chi connectivity index (χ4v) is 8.45. The van der Waals surface area contributed by atoms with Crippen molar-refractivity contribution in [2.24, 2.45) is 34.5 Å². The van der Waals surface area contributed by atoms with E-state index in [0.29, 0.717) is 29.9 Å². The van der Waals surface area contributed by atoms with E-state index in [4.69, 9.17) is 4.74 Å². The topological polar surface area (TPSA) is 72.5 Å². The molecule has 5 rings (SSSR count). The van der Waals surface area contributed by atoms with E-state index < -0.39 is 0 Å². The number of Topliss-reactive ketones (excluding diaryl/α,β-unsaturated/α-hetero) is 1. The van der Waals surface area contributed by atoms with E-state index in [9.17, 15) is 14.4 Å². The molecule has 4 aliphatic carbocycles. The monoisotopic (exact) mass is 489 g/mol. The number of allylic oxidation sites excluding steroid dienone is 2. The van der Waals surface area contributed by atoms with E-state index in [1.807, 2.05) is 30.3 Å². The number of carbonyl (C=O) groups is 3. The zero-order valence-electron chi connectivity index (χ0n) is 22.0. The van der Waals surface area contributed by atoms with Crippen molar-refractivity contribution in [3.63, 3.8) is 0 Å². The summed E-state index contributed by atoms with van der Waals surface area (Å²) in [5.74, 6) is 1.61. The molecule has 4 aliphatic rings. The fourth-order valence-electron chi connectivity index (χ4n) is 8.45. The molecule has 0 radical (unpaired) electrons. The zero-order valence-corrected chi connectivity index (χ0v) is 22.0. The van der Waals surface area contributed by atoms with Crippen LogP contribution in [0, 0.1) is 34.5 Å². The SMILES string of the molecule is CC(=O)O[C@@H]1C=C2C(CNC(=O)c3ccccc3)CC3C(CC[C@]4(C)C(C(C)=O)=CCC34)[C@@]2(C)CC1. The quantitative estimate of drug-likeness (QED) is 0.428. The van der Waals surface area contributed by atoms with E-state index in [1.54, 1.807) is 6.92 Å². The number of amides is 1. The van der Waals surface area contributed by atoms with Gasteiger partial charge < -0.3 is 10.1 Å². The minimum absolute atomic E-state index is 0.0159. The van der Waals surface area contributed by atoms with E-state index in [2.05, 4.69) is 31.3 Å². The second-order valence-corrected chi connectivity index (χ2v) is 12.0. The van der Waals surface area contributed by atoms with Gasteiger partial charge in [-0.1, -0.05) is 43.7 Å². The molecule has 2 saturated carbocycles. The van der Waals surface area contributed by atoms with Gasteiger partial charge in [-0.2, -0.15) is 0 Å². The molecule has 192 valence electrons. The highest BCUT2D eigenvalue weighted by Gasteiger charge is 2.59. The van der Waals surface area contributed by atoms with Crippen molar-refractivity contribution in [2.75, 3.05) is 6.54 Å². The Morgan fingerprint density at radius 3 is 2.42 bits per heavy atom. The lowest BCUT2D eigenvalue weighted by Crippen LogP contribution is -2.54. The summed E-state index contributed by atoms with van der Waals surface area (Å²) in [5.41, 5.74) is 3.03. The number of esters is 1. The Kier molecular flexibility index (Phi) is 6.46. The molecule has 1 aromatic carbocycles. The Morgan fingerprint density at radius 1 is 1.00 bits per heavy atom. The van der Waals surface area contributed by atoms with Gasteiger partial charge in [0.1, 0.15) is 6.10 Å². The largest absolute Gasteiger partial charge is 0.458 e. The zero-order chi connectivity index (χ0) is 25.7. The smallest absolute Gasteiger partial charge is 0.303 e. The van der Waals surface area contributed by atoms with Crippen molar-refractivity contribution >= 4 is 17.7 Å². The van der Waals surface area contributed by atoms with Gasteiger partial charge in [0.25, 0.3) is 5.91 Å². The first-order valence-electron chi connectivity index (χ1n) is 13.6. The number of nitrogens with one attached hydrogen (secondary N) is 1. The van der Waals surface area contributed by atoms with Gasteiger partial charge in [0.15, 0.2) is 5.78 Å². The summed E-state index contributed by atoms with van der Waals surface area (Å²) < 4.78 is 5.64. The maximum Gasteiger partial charge on any atom is 0.303 e. The number of fused-ring (bicyclic) bond motifs is 5. The summed E-state index contributed by atoms with van der Waals surface area (Å²) in [7, 11) is 0. The van der Waals surface area contributed by atoms with Gasteiger partial charge in [-0.3, -0.25) is 14.4 Å². The first-order valence-corrected chi connectivity index (χ1v) is 13.6. The third-order valence-corrected chi connectivity index (χ3v) is 10.0. The molecule has 1 amide bonds. The Balaban J connectivity index is 1.45. The molecule has 5 heteroatoms. The van der Waals surface area contributed by atoms with Crippen LogP contribution in [0.2, 0.25) is 0 Å². The number of hydrogen-bond acceptors (Lipinski definition) is 4. The third kappa shape index (κ3) is 4.14. The Bertz CT molecular complexity index is 1120. The van der Waals surface area contributed by atoms with Crippen LogP contribution < -0.4 is 5.32 Å². The molecule has 36 heavy (non-hydrogen) atoms. The minimum Gasteiger partial charge on any atom is -0.458 e. The standard InChI is InChI=1S/C31H39NO4/c1-19(33)25-10-11-26-24-16-22(18-32-29(35)21-8-6-5-7-9-21)28-17-23(36-20(2)34)12-14-31(28,4)27(24)13-15-30(25,26)3/h5-10,17,22-24,26-27H,11-16,18H2,1-4H3,(H,32,35)/t22?,23-,24?,26?,27?,30+,31+/m0/s1. The number of hydrogen-bond donors (Lipinski definition) is 1. The number of rotatable bonds is 5. The van der Waals surface area contributed by atoms with Gasteiger partial charge >= 0.3 is 5.97 Å². The molecule has 0 heterocycles. The highest BCUT2D eigenvalue weighted by molar-refractivity contribution is 5.95. The highest BCUT2D eigenvalue weighted by atomic mass is 16.5. The van der Waals surface area contributed by atoms with Crippen molar-refractivity contribution < 1.29 is 19.1 Å². The van der Waals surface area contributed by atoms with Crippen LogP contribution in [0.3, 0.4) is 0 Å². The Morgan fingerprint density at radius 2 is 1.72 bits per heavy atom. The maximum absolute atomic E-state index is 12.9. The van der Waals surface area contributed by atoms with Crippen LogP contribution in [0.1, 0.15) is 76.6 Å². The van der Waals surface area contributed by atoms with E-state index in [-0.39, 0.29) is 40.5 Å². The third-order valence-electron chi connectivity index (χ3n) is 10.0. The van der Waals surface area contributed by atoms with Crippen molar-refractivity contribution in [2.45, 2.75) is 72.3 Å². The number of ether oxygens (including phenoxy) is 1. The molecular weight excluding hydrogens is 450 g/mol. The van der Waals surface area contributed by atoms with Crippen LogP contribution in [0.4, 0.5) is 0 Å². The van der Waals surface area contributed by atoms with Crippen molar-refractivity contribution in [1.29, 1.82) is 0 Å². The molecule has 0 spiro atoms. The van der Waals surface area contributed by atoms with Gasteiger partial charge in [-0.25, -0.2) is 0 Å². The molecule has 4 unspecified atom stereocenters. The van der Waals surface area contributed by atoms with E-state index in [1.165, 1.54) is 12.5 Å². The number of benzene rings is 1. The summed E-state index contributed by atoms with van der Waals surface area (Å²) >= 11 is 0. The fraction of sp³-hybridized carbons (Fsp3) is 0.581. The molecule has 7 atom stereocenters. The van der Waals surface area contributed by atoms with E-state index >= 15 is 0 Å². The van der Waals surface area contributed by atoms with Crippen LogP contribution in [0.25, 0.3) is 0 Å². The highest BCUT2D eigenvalue weighted by Crippen LogP contribution is 2.66. The molecular formula is C31H39NO4. The second-order valence-electron chi connectivity index (χ2n) is 12.0. The summed E-state index contributed by atoms with van der Waals surface area (Å²) in [6.45, 7) is 8.48. The summed E-state index contributed by atoms with van der Waals surface area (Å²) in [5, 5.41) is 3.21. The van der Waals surface area contributed by atoms with Crippen molar-refractivity contribution in [3.8, 4) is 0 Å². The first-order chi connectivity index (χ1) is 17.1. The molecule has 1 aromatic rings. The van der Waals surface area contributed by atoms with Gasteiger partial charge in [-0.15, -0.1) is 0 Å². The number of carbonyl (C=O) groups excluding carboxylic acids is 3. The molecule has 2 fully saturated rings. The average Bonchev–Trinajstić information content (AvgIpc) is 3.20. The minimum atomic E-state index is -0.245. The van der Waals surface area contributed by atoms with Gasteiger partial charge in [0, 0.05) is 19.0 Å². The van der Waals surface area contributed by atoms with Crippen molar-refractivity contribution in [3.05, 3.63) is 59.2 Å². The van der Waals surface area contributed by atoms with Crippen LogP contribution in [-0.2, 0) is 14.3 Å². The van der Waals surface area contributed by atoms with Gasteiger partial charge in [0.2, 0.25) is 0 Å². The van der Waals surface area contributed by atoms with Gasteiger partial charge in [0.05, 0.1) is 0 Å². The van der Waals surface area contributed by atoms with E-state index in [0.717, 1.165) is 44.1 Å². The predicted octanol–water partition coefficient (Wildman–Crippen LogP) is 5.66. The molecule has 0 aromatic heterocycles. The summed E-state index contributed by atoms with van der Waals surface area (Å²) in [6, 6.07) is 9.36. The van der Waals surface area contributed by atoms with Crippen LogP contribution >= 0.6 is 0 Å². The Labute approximate surface area is 214 Å². The lowest BCUT2D eigenvalue weighted by molar-refractivity contribution is -0.145. The predicted molar refractivity (Wildman–Crippen MR) is 139 cm³/mol. The molecule has 0 saturated heterocycles. The lowest BCUT2D eigenvalue weighted by atomic mass is 9.45. The second kappa shape index (κ2) is 9.32. The Hall–Kier alpha value is -2.69. The first kappa shape index (κ1) is 25.0. The summed E-state index contributed by atoms with van der Waals surface area (Å²) in [4.78, 5) is 37.2. The summed E-state index contributed by atoms with van der Waals surface area (Å²) in [6.07, 6.45) is 10.2. The van der Waals surface area contributed by atoms with Crippen molar-refractivity contribution in [1.82, 2.24) is 5.32 Å². The van der Waals surface area contributed by atoms with Crippen LogP contribution in [0.15, 0.2) is 53.6 Å². The van der Waals surface area contributed by atoms with Gasteiger partial charge in [-0.05, 0) is 104 Å². The van der Waals surface area contributed by atoms with Crippen LogP contribution in [-0.4, -0.2) is 30.3 Å². The number of ketones is 1. The van der Waals surface area contributed by atoms with Crippen LogP contribution in [0.5, 0.6) is 0 Å². The average molecular weight is 490 g/mol. The lowest BCUT2D eigenvalue weighted by Gasteiger charge is -2.60.